The van der Waals surface area contributed by atoms with Crippen molar-refractivity contribution in [1.29, 1.82) is 0 Å². The van der Waals surface area contributed by atoms with E-state index in [0.29, 0.717) is 0 Å². The van der Waals surface area contributed by atoms with Gasteiger partial charge in [0.2, 0.25) is 0 Å². The lowest BCUT2D eigenvalue weighted by molar-refractivity contribution is 0.148. The van der Waals surface area contributed by atoms with E-state index in [1.54, 1.807) is 0 Å². The summed E-state index contributed by atoms with van der Waals surface area (Å²) in [5, 5.41) is 13.8. The molecule has 0 aliphatic heterocycles. The molecule has 1 rings (SSSR count). The first-order valence-corrected chi connectivity index (χ1v) is 8.26. The molecule has 1 unspecified atom stereocenters. The summed E-state index contributed by atoms with van der Waals surface area (Å²) in [6, 6.07) is 7.95. The number of rotatable bonds is 9. The maximum Gasteiger partial charge on any atom is 0.0613 e. The average molecular weight is 302 g/mol. The zero-order valence-electron chi connectivity index (χ0n) is 11.8. The van der Waals surface area contributed by atoms with Crippen LogP contribution in [0.2, 0.25) is 5.02 Å². The van der Waals surface area contributed by atoms with Gasteiger partial charge in [0.05, 0.1) is 6.61 Å². The molecule has 2 N–H and O–H groups in total. The molecule has 2 nitrogen and oxygen atoms in total. The van der Waals surface area contributed by atoms with Gasteiger partial charge < -0.3 is 10.4 Å². The van der Waals surface area contributed by atoms with Crippen molar-refractivity contribution in [1.82, 2.24) is 5.32 Å². The largest absolute Gasteiger partial charge is 0.394 e. The summed E-state index contributed by atoms with van der Waals surface area (Å²) in [5.74, 6) is 1.05. The second kappa shape index (κ2) is 8.85. The SMILES string of the molecule is CCNC(CC)(CO)CCCSc1cccc(Cl)c1. The van der Waals surface area contributed by atoms with Crippen LogP contribution in [0.15, 0.2) is 29.2 Å². The Morgan fingerprint density at radius 1 is 1.37 bits per heavy atom. The molecule has 0 amide bonds. The minimum Gasteiger partial charge on any atom is -0.394 e. The Kier molecular flexibility index (Phi) is 7.84. The van der Waals surface area contributed by atoms with E-state index in [-0.39, 0.29) is 12.1 Å². The summed E-state index contributed by atoms with van der Waals surface area (Å²) in [4.78, 5) is 1.21. The molecule has 0 aliphatic rings. The van der Waals surface area contributed by atoms with Crippen molar-refractivity contribution in [2.45, 2.75) is 43.5 Å². The van der Waals surface area contributed by atoms with Crippen LogP contribution in [0.4, 0.5) is 0 Å². The van der Waals surface area contributed by atoms with Gasteiger partial charge in [-0.2, -0.15) is 0 Å². The highest BCUT2D eigenvalue weighted by Gasteiger charge is 2.25. The molecular weight excluding hydrogens is 278 g/mol. The monoisotopic (exact) mass is 301 g/mol. The number of nitrogens with one attached hydrogen (secondary N) is 1. The summed E-state index contributed by atoms with van der Waals surface area (Å²) in [5.41, 5.74) is -0.107. The van der Waals surface area contributed by atoms with Gasteiger partial charge in [0.25, 0.3) is 0 Å². The van der Waals surface area contributed by atoms with Crippen molar-refractivity contribution in [2.24, 2.45) is 0 Å². The number of aliphatic hydroxyl groups excluding tert-OH is 1. The molecule has 0 bridgehead atoms. The molecule has 0 aromatic heterocycles. The fraction of sp³-hybridized carbons (Fsp3) is 0.600. The van der Waals surface area contributed by atoms with Crippen molar-refractivity contribution in [2.75, 3.05) is 18.9 Å². The maximum absolute atomic E-state index is 9.57. The van der Waals surface area contributed by atoms with Crippen LogP contribution in [0.25, 0.3) is 0 Å². The van der Waals surface area contributed by atoms with Gasteiger partial charge in [-0.05, 0) is 49.8 Å². The molecule has 1 aromatic rings. The molecular formula is C15H24ClNOS. The van der Waals surface area contributed by atoms with Gasteiger partial charge in [-0.3, -0.25) is 0 Å². The molecule has 0 fully saturated rings. The lowest BCUT2D eigenvalue weighted by Crippen LogP contribution is -2.48. The summed E-state index contributed by atoms with van der Waals surface area (Å²) in [7, 11) is 0. The van der Waals surface area contributed by atoms with Crippen LogP contribution < -0.4 is 5.32 Å². The van der Waals surface area contributed by atoms with Crippen molar-refractivity contribution < 1.29 is 5.11 Å². The van der Waals surface area contributed by atoms with Crippen LogP contribution >= 0.6 is 23.4 Å². The third-order valence-electron chi connectivity index (χ3n) is 3.40. The highest BCUT2D eigenvalue weighted by atomic mass is 35.5. The summed E-state index contributed by atoms with van der Waals surface area (Å²) in [6.07, 6.45) is 3.04. The maximum atomic E-state index is 9.57. The Morgan fingerprint density at radius 2 is 2.16 bits per heavy atom. The van der Waals surface area contributed by atoms with Crippen LogP contribution in [0, 0.1) is 0 Å². The molecule has 1 atom stereocenters. The van der Waals surface area contributed by atoms with E-state index < -0.39 is 0 Å². The van der Waals surface area contributed by atoms with E-state index >= 15 is 0 Å². The second-order valence-electron chi connectivity index (χ2n) is 4.73. The van der Waals surface area contributed by atoms with E-state index in [4.69, 9.17) is 11.6 Å². The standard InChI is InChI=1S/C15H24ClNOS/c1-3-15(12-18,17-4-2)9-6-10-19-14-8-5-7-13(16)11-14/h5,7-8,11,17-18H,3-4,6,9-10,12H2,1-2H3. The quantitative estimate of drug-likeness (QED) is 0.535. The minimum absolute atomic E-state index is 0.107. The first-order chi connectivity index (χ1) is 9.15. The van der Waals surface area contributed by atoms with Crippen LogP contribution in [0.5, 0.6) is 0 Å². The van der Waals surface area contributed by atoms with Crippen LogP contribution in [0.3, 0.4) is 0 Å². The average Bonchev–Trinajstić information content (AvgIpc) is 2.42. The number of aliphatic hydroxyl groups is 1. The highest BCUT2D eigenvalue weighted by molar-refractivity contribution is 7.99. The normalized spacial score (nSPS) is 14.3. The topological polar surface area (TPSA) is 32.3 Å². The van der Waals surface area contributed by atoms with E-state index in [9.17, 15) is 5.11 Å². The van der Waals surface area contributed by atoms with Crippen molar-refractivity contribution in [3.8, 4) is 0 Å². The molecule has 0 radical (unpaired) electrons. The lowest BCUT2D eigenvalue weighted by atomic mass is 9.91. The number of benzene rings is 1. The van der Waals surface area contributed by atoms with Gasteiger partial charge in [0.15, 0.2) is 0 Å². The zero-order valence-corrected chi connectivity index (χ0v) is 13.4. The Morgan fingerprint density at radius 3 is 2.74 bits per heavy atom. The van der Waals surface area contributed by atoms with E-state index in [1.807, 2.05) is 30.0 Å². The summed E-state index contributed by atoms with van der Waals surface area (Å²) in [6.45, 7) is 5.32. The van der Waals surface area contributed by atoms with E-state index in [1.165, 1.54) is 4.90 Å². The van der Waals surface area contributed by atoms with Gasteiger partial charge in [-0.15, -0.1) is 11.8 Å². The molecule has 108 valence electrons. The first kappa shape index (κ1) is 16.8. The Bertz CT molecular complexity index is 369. The fourth-order valence-electron chi connectivity index (χ4n) is 2.17. The second-order valence-corrected chi connectivity index (χ2v) is 6.34. The van der Waals surface area contributed by atoms with Crippen molar-refractivity contribution in [3.05, 3.63) is 29.3 Å². The van der Waals surface area contributed by atoms with Gasteiger partial charge in [-0.1, -0.05) is 31.5 Å². The highest BCUT2D eigenvalue weighted by Crippen LogP contribution is 2.24. The van der Waals surface area contributed by atoms with Gasteiger partial charge >= 0.3 is 0 Å². The van der Waals surface area contributed by atoms with Gasteiger partial charge in [0, 0.05) is 15.5 Å². The minimum atomic E-state index is -0.107. The number of likely N-dealkylation sites (N-methyl/N-ethyl adjacent to an activating group) is 1. The molecule has 0 saturated heterocycles. The van der Waals surface area contributed by atoms with Crippen LogP contribution in [-0.2, 0) is 0 Å². The Balaban J connectivity index is 2.36. The van der Waals surface area contributed by atoms with E-state index in [0.717, 1.165) is 36.6 Å². The third kappa shape index (κ3) is 5.74. The Hall–Kier alpha value is -0.220. The van der Waals surface area contributed by atoms with Gasteiger partial charge in [-0.25, -0.2) is 0 Å². The molecule has 0 aliphatic carbocycles. The molecule has 19 heavy (non-hydrogen) atoms. The molecule has 0 heterocycles. The summed E-state index contributed by atoms with van der Waals surface area (Å²) >= 11 is 7.78. The number of thioether (sulfide) groups is 1. The van der Waals surface area contributed by atoms with E-state index in [2.05, 4.69) is 25.2 Å². The predicted molar refractivity (Wildman–Crippen MR) is 85.2 cm³/mol. The smallest absolute Gasteiger partial charge is 0.0613 e. The first-order valence-electron chi connectivity index (χ1n) is 6.90. The zero-order chi connectivity index (χ0) is 14.1. The van der Waals surface area contributed by atoms with Gasteiger partial charge in [0.1, 0.15) is 0 Å². The van der Waals surface area contributed by atoms with Crippen LogP contribution in [-0.4, -0.2) is 29.5 Å². The van der Waals surface area contributed by atoms with Crippen molar-refractivity contribution >= 4 is 23.4 Å². The number of hydrogen-bond acceptors (Lipinski definition) is 3. The van der Waals surface area contributed by atoms with Crippen molar-refractivity contribution in [3.63, 3.8) is 0 Å². The summed E-state index contributed by atoms with van der Waals surface area (Å²) < 4.78 is 0. The fourth-order valence-corrected chi connectivity index (χ4v) is 3.33. The third-order valence-corrected chi connectivity index (χ3v) is 4.71. The molecule has 1 aromatic carbocycles. The Labute approximate surface area is 125 Å². The number of halogens is 1. The van der Waals surface area contributed by atoms with Crippen LogP contribution in [0.1, 0.15) is 33.1 Å². The molecule has 0 saturated carbocycles. The number of hydrogen-bond donors (Lipinski definition) is 2. The lowest BCUT2D eigenvalue weighted by Gasteiger charge is -2.31. The predicted octanol–water partition coefficient (Wildman–Crippen LogP) is 3.96. The molecule has 0 spiro atoms. The molecule has 4 heteroatoms.